The molecule has 0 bridgehead atoms. The number of amides is 1. The van der Waals surface area contributed by atoms with Crippen LogP contribution >= 0.6 is 0 Å². The van der Waals surface area contributed by atoms with Crippen LogP contribution in [-0.2, 0) is 4.79 Å². The first kappa shape index (κ1) is 16.9. The average molecular weight is 307 g/mol. The van der Waals surface area contributed by atoms with Gasteiger partial charge in [-0.05, 0) is 26.8 Å². The first-order chi connectivity index (χ1) is 9.46. The number of hydrogen-bond acceptors (Lipinski definition) is 2. The van der Waals surface area contributed by atoms with Crippen molar-refractivity contribution < 1.29 is 32.3 Å². The van der Waals surface area contributed by atoms with E-state index in [1.165, 1.54) is 20.8 Å². The highest BCUT2D eigenvalue weighted by molar-refractivity contribution is 5.96. The van der Waals surface area contributed by atoms with Gasteiger partial charge in [-0.3, -0.25) is 9.59 Å². The minimum Gasteiger partial charge on any atom is -0.480 e. The molecule has 0 aliphatic carbocycles. The number of hydrogen-bond donors (Lipinski definition) is 1. The van der Waals surface area contributed by atoms with Crippen LogP contribution in [0.4, 0.5) is 17.6 Å². The van der Waals surface area contributed by atoms with Gasteiger partial charge in [0.25, 0.3) is 5.91 Å². The van der Waals surface area contributed by atoms with Crippen molar-refractivity contribution in [1.82, 2.24) is 4.90 Å². The van der Waals surface area contributed by atoms with Crippen molar-refractivity contribution in [3.63, 3.8) is 0 Å². The van der Waals surface area contributed by atoms with Crippen molar-refractivity contribution in [1.29, 1.82) is 0 Å². The second kappa shape index (κ2) is 5.71. The molecule has 1 rings (SSSR count). The van der Waals surface area contributed by atoms with Crippen LogP contribution in [0.1, 0.15) is 31.1 Å². The Labute approximate surface area is 118 Å². The lowest BCUT2D eigenvalue weighted by Gasteiger charge is -2.34. The smallest absolute Gasteiger partial charge is 0.323 e. The second-order valence-corrected chi connectivity index (χ2v) is 5.30. The second-order valence-electron chi connectivity index (χ2n) is 5.30. The van der Waals surface area contributed by atoms with Crippen molar-refractivity contribution in [3.8, 4) is 0 Å². The van der Waals surface area contributed by atoms with Gasteiger partial charge in [0.15, 0.2) is 23.3 Å². The lowest BCUT2D eigenvalue weighted by atomic mass is 10.0. The Morgan fingerprint density at radius 2 is 1.62 bits per heavy atom. The molecule has 0 spiro atoms. The lowest BCUT2D eigenvalue weighted by molar-refractivity contribution is -0.138. The fourth-order valence-corrected chi connectivity index (χ4v) is 1.62. The molecule has 8 heteroatoms. The number of carbonyl (C=O) groups excluding carboxylic acids is 1. The zero-order valence-electron chi connectivity index (χ0n) is 11.5. The fraction of sp³-hybridized carbons (Fsp3) is 0.385. The average Bonchev–Trinajstić information content (AvgIpc) is 2.35. The van der Waals surface area contributed by atoms with E-state index in [4.69, 9.17) is 5.11 Å². The third-order valence-corrected chi connectivity index (χ3v) is 2.68. The predicted molar refractivity (Wildman–Crippen MR) is 64.7 cm³/mol. The van der Waals surface area contributed by atoms with Gasteiger partial charge in [-0.25, -0.2) is 17.6 Å². The number of carboxylic acids is 1. The van der Waals surface area contributed by atoms with E-state index in [0.29, 0.717) is 4.90 Å². The van der Waals surface area contributed by atoms with Crippen molar-refractivity contribution in [2.45, 2.75) is 26.3 Å². The molecule has 0 radical (unpaired) electrons. The maximum Gasteiger partial charge on any atom is 0.323 e. The Balaban J connectivity index is 3.37. The summed E-state index contributed by atoms with van der Waals surface area (Å²) in [4.78, 5) is 23.6. The molecular formula is C13H13F4NO3. The van der Waals surface area contributed by atoms with E-state index in [1.807, 2.05) is 0 Å². The van der Waals surface area contributed by atoms with Crippen LogP contribution in [0.5, 0.6) is 0 Å². The molecule has 0 unspecified atom stereocenters. The molecule has 1 aromatic rings. The summed E-state index contributed by atoms with van der Waals surface area (Å²) in [5.41, 5.74) is -2.12. The summed E-state index contributed by atoms with van der Waals surface area (Å²) in [6.45, 7) is 3.58. The molecule has 1 aromatic carbocycles. The molecule has 0 saturated carbocycles. The summed E-state index contributed by atoms with van der Waals surface area (Å²) in [5.74, 6) is -10.4. The van der Waals surface area contributed by atoms with Gasteiger partial charge in [0.1, 0.15) is 6.54 Å². The predicted octanol–water partition coefficient (Wildman–Crippen LogP) is 2.57. The van der Waals surface area contributed by atoms with Gasteiger partial charge >= 0.3 is 5.97 Å². The zero-order chi connectivity index (χ0) is 16.5. The van der Waals surface area contributed by atoms with Crippen LogP contribution in [0.3, 0.4) is 0 Å². The fourth-order valence-electron chi connectivity index (χ4n) is 1.62. The van der Waals surface area contributed by atoms with Crippen LogP contribution in [-0.4, -0.2) is 34.0 Å². The Morgan fingerprint density at radius 1 is 1.10 bits per heavy atom. The summed E-state index contributed by atoms with van der Waals surface area (Å²) in [6, 6.07) is 0.205. The lowest BCUT2D eigenvalue weighted by Crippen LogP contribution is -2.48. The van der Waals surface area contributed by atoms with E-state index >= 15 is 0 Å². The standard InChI is InChI=1S/C13H13F4NO3/c1-13(2,3)18(5-8(19)20)12(21)6-4-7(14)10(16)11(17)9(6)15/h4H,5H2,1-3H3,(H,19,20). The van der Waals surface area contributed by atoms with Crippen LogP contribution in [0.2, 0.25) is 0 Å². The quantitative estimate of drug-likeness (QED) is 0.530. The van der Waals surface area contributed by atoms with E-state index in [9.17, 15) is 27.2 Å². The van der Waals surface area contributed by atoms with Crippen LogP contribution in [0, 0.1) is 23.3 Å². The third kappa shape index (κ3) is 3.50. The SMILES string of the molecule is CC(C)(C)N(CC(=O)O)C(=O)c1cc(F)c(F)c(F)c1F. The van der Waals surface area contributed by atoms with Crippen LogP contribution < -0.4 is 0 Å². The number of carbonyl (C=O) groups is 2. The molecule has 0 fully saturated rings. The molecule has 0 aliphatic heterocycles. The van der Waals surface area contributed by atoms with Gasteiger partial charge < -0.3 is 10.0 Å². The first-order valence-electron chi connectivity index (χ1n) is 5.83. The molecule has 21 heavy (non-hydrogen) atoms. The summed E-state index contributed by atoms with van der Waals surface area (Å²) in [6.07, 6.45) is 0. The van der Waals surface area contributed by atoms with Gasteiger partial charge in [0, 0.05) is 5.54 Å². The maximum atomic E-state index is 13.6. The summed E-state index contributed by atoms with van der Waals surface area (Å²) in [5, 5.41) is 8.77. The van der Waals surface area contributed by atoms with Gasteiger partial charge in [0.2, 0.25) is 0 Å². The molecule has 1 amide bonds. The molecule has 4 nitrogen and oxygen atoms in total. The number of nitrogens with zero attached hydrogens (tertiary/aromatic N) is 1. The molecule has 0 saturated heterocycles. The van der Waals surface area contributed by atoms with E-state index in [2.05, 4.69) is 0 Å². The normalized spacial score (nSPS) is 11.4. The molecule has 0 atom stereocenters. The van der Waals surface area contributed by atoms with Crippen molar-refractivity contribution in [3.05, 3.63) is 34.9 Å². The summed E-state index contributed by atoms with van der Waals surface area (Å²) < 4.78 is 52.8. The topological polar surface area (TPSA) is 57.6 Å². The minimum absolute atomic E-state index is 0.205. The molecule has 116 valence electrons. The Kier molecular flexibility index (Phi) is 4.60. The monoisotopic (exact) mass is 307 g/mol. The van der Waals surface area contributed by atoms with E-state index < -0.39 is 52.8 Å². The first-order valence-corrected chi connectivity index (χ1v) is 5.83. The summed E-state index contributed by atoms with van der Waals surface area (Å²) >= 11 is 0. The van der Waals surface area contributed by atoms with E-state index in [-0.39, 0.29) is 6.07 Å². The molecule has 0 heterocycles. The van der Waals surface area contributed by atoms with Gasteiger partial charge in [-0.2, -0.15) is 0 Å². The highest BCUT2D eigenvalue weighted by Gasteiger charge is 2.33. The highest BCUT2D eigenvalue weighted by atomic mass is 19.2. The number of benzene rings is 1. The zero-order valence-corrected chi connectivity index (χ0v) is 11.5. The van der Waals surface area contributed by atoms with Crippen molar-refractivity contribution in [2.75, 3.05) is 6.54 Å². The Morgan fingerprint density at radius 3 is 2.05 bits per heavy atom. The van der Waals surface area contributed by atoms with Crippen LogP contribution in [0.15, 0.2) is 6.07 Å². The number of rotatable bonds is 3. The number of carboxylic acid groups (broad SMARTS) is 1. The van der Waals surface area contributed by atoms with E-state index in [0.717, 1.165) is 0 Å². The molecule has 1 N–H and O–H groups in total. The number of aliphatic carboxylic acids is 1. The largest absolute Gasteiger partial charge is 0.480 e. The summed E-state index contributed by atoms with van der Waals surface area (Å²) in [7, 11) is 0. The Hall–Kier alpha value is -2.12. The maximum absolute atomic E-state index is 13.6. The molecule has 0 aliphatic rings. The Bertz CT molecular complexity index is 596. The highest BCUT2D eigenvalue weighted by Crippen LogP contribution is 2.23. The van der Waals surface area contributed by atoms with Crippen molar-refractivity contribution in [2.24, 2.45) is 0 Å². The van der Waals surface area contributed by atoms with Gasteiger partial charge in [0.05, 0.1) is 5.56 Å². The molecular weight excluding hydrogens is 294 g/mol. The third-order valence-electron chi connectivity index (χ3n) is 2.68. The molecule has 0 aromatic heterocycles. The minimum atomic E-state index is -2.12. The van der Waals surface area contributed by atoms with Crippen LogP contribution in [0.25, 0.3) is 0 Å². The van der Waals surface area contributed by atoms with E-state index in [1.54, 1.807) is 0 Å². The van der Waals surface area contributed by atoms with Crippen molar-refractivity contribution >= 4 is 11.9 Å². The van der Waals surface area contributed by atoms with Gasteiger partial charge in [-0.15, -0.1) is 0 Å². The number of halogens is 4. The van der Waals surface area contributed by atoms with Gasteiger partial charge in [-0.1, -0.05) is 0 Å².